The normalized spacial score (nSPS) is 11.2. The lowest BCUT2D eigenvalue weighted by atomic mass is 10.1. The summed E-state index contributed by atoms with van der Waals surface area (Å²) in [4.78, 5) is 39.7. The Morgan fingerprint density at radius 3 is 1.14 bits per heavy atom. The number of hydrogen-bond donors (Lipinski definition) is 2. The van der Waals surface area contributed by atoms with Gasteiger partial charge in [-0.3, -0.25) is 24.2 Å². The Labute approximate surface area is 545 Å². The van der Waals surface area contributed by atoms with E-state index in [-0.39, 0.29) is 17.7 Å². The number of nitrogens with zero attached hydrogens (tertiary/aromatic N) is 2. The van der Waals surface area contributed by atoms with Crippen molar-refractivity contribution in [1.82, 2.24) is 0 Å². The number of hydrogen-bond acceptors (Lipinski definition) is 8. The van der Waals surface area contributed by atoms with E-state index in [2.05, 4.69) is 95.6 Å². The third-order valence-electron chi connectivity index (χ3n) is 17.0. The minimum Gasteiger partial charge on any atom is -0.456 e. The van der Waals surface area contributed by atoms with Gasteiger partial charge in [0.05, 0.1) is 17.1 Å². The minimum absolute atomic E-state index is 0.0292. The van der Waals surface area contributed by atoms with Crippen LogP contribution in [0.3, 0.4) is 0 Å². The molecule has 0 saturated carbocycles. The summed E-state index contributed by atoms with van der Waals surface area (Å²) in [7, 11) is 0. The zero-order valence-electron chi connectivity index (χ0n) is 52.0. The molecule has 0 spiro atoms. The van der Waals surface area contributed by atoms with Gasteiger partial charge in [-0.25, -0.2) is 0 Å². The van der Waals surface area contributed by atoms with Crippen LogP contribution in [0, 0.1) is 0 Å². The van der Waals surface area contributed by atoms with E-state index in [4.69, 9.17) is 17.7 Å². The summed E-state index contributed by atoms with van der Waals surface area (Å²) in [5.74, 6) is -0.152. The van der Waals surface area contributed by atoms with Gasteiger partial charge in [-0.2, -0.15) is 0 Å². The maximum absolute atomic E-state index is 12.6. The third kappa shape index (κ3) is 11.6. The summed E-state index contributed by atoms with van der Waals surface area (Å²) in [6.07, 6.45) is 0. The first-order valence-corrected chi connectivity index (χ1v) is 31.3. The van der Waals surface area contributed by atoms with Crippen molar-refractivity contribution >= 4 is 178 Å². The number of fused-ring (bicyclic) bond motifs is 15. The predicted octanol–water partition coefficient (Wildman–Crippen LogP) is 22.9. The summed E-state index contributed by atoms with van der Waals surface area (Å²) in [6, 6.07) is 98.8. The van der Waals surface area contributed by atoms with Crippen molar-refractivity contribution in [3.8, 4) is 0 Å². The smallest absolute Gasteiger partial charge is 0.228 e. The van der Waals surface area contributed by atoms with Crippen LogP contribution in [-0.4, -0.2) is 17.7 Å². The van der Waals surface area contributed by atoms with Crippen molar-refractivity contribution in [2.75, 3.05) is 20.4 Å². The van der Waals surface area contributed by atoms with Crippen LogP contribution in [0.5, 0.6) is 0 Å². The lowest BCUT2D eigenvalue weighted by Crippen LogP contribution is -2.22. The van der Waals surface area contributed by atoms with Crippen molar-refractivity contribution < 1.29 is 32.1 Å². The Hall–Kier alpha value is -12.7. The van der Waals surface area contributed by atoms with Gasteiger partial charge in [-0.05, 0) is 119 Å². The van der Waals surface area contributed by atoms with Gasteiger partial charge in [0.1, 0.15) is 44.7 Å². The summed E-state index contributed by atoms with van der Waals surface area (Å²) < 4.78 is 23.6. The van der Waals surface area contributed by atoms with Crippen molar-refractivity contribution in [2.24, 2.45) is 0 Å². The van der Waals surface area contributed by atoms with E-state index in [1.807, 2.05) is 212 Å². The van der Waals surface area contributed by atoms with Crippen LogP contribution in [0.4, 0.5) is 39.8 Å². The van der Waals surface area contributed by atoms with Crippen LogP contribution >= 0.6 is 0 Å². The first kappa shape index (κ1) is 58.6. The van der Waals surface area contributed by atoms with E-state index in [0.29, 0.717) is 0 Å². The molecule has 4 aromatic heterocycles. The van der Waals surface area contributed by atoms with Crippen LogP contribution < -0.4 is 20.4 Å². The molecule has 0 bridgehead atoms. The third-order valence-corrected chi connectivity index (χ3v) is 17.0. The molecule has 0 aliphatic carbocycles. The van der Waals surface area contributed by atoms with Crippen LogP contribution in [0.1, 0.15) is 20.8 Å². The molecule has 95 heavy (non-hydrogen) atoms. The number of benzene rings is 14. The molecule has 458 valence electrons. The van der Waals surface area contributed by atoms with E-state index >= 15 is 0 Å². The van der Waals surface area contributed by atoms with Crippen LogP contribution in [0.15, 0.2) is 315 Å². The average molecular weight is 1240 g/mol. The van der Waals surface area contributed by atoms with Gasteiger partial charge in [0.2, 0.25) is 17.7 Å². The Morgan fingerprint density at radius 2 is 0.621 bits per heavy atom. The highest BCUT2D eigenvalue weighted by atomic mass is 16.3. The highest BCUT2D eigenvalue weighted by Gasteiger charge is 2.21. The van der Waals surface area contributed by atoms with Crippen LogP contribution in [0.25, 0.3) is 120 Å². The highest BCUT2D eigenvalue weighted by Crippen LogP contribution is 2.40. The minimum atomic E-state index is -0.0829. The molecule has 4 heterocycles. The number of nitrogens with one attached hydrogen (secondary N) is 2. The van der Waals surface area contributed by atoms with Gasteiger partial charge < -0.3 is 28.3 Å². The molecule has 0 fully saturated rings. The SMILES string of the molecule is CC(=O)N(c1ccc2c(c1)oc1ccccc12)c1cccc2ccccc12.CC(=O)N(c1ccc2oc3ccccc3c2c1)c1cccc2ccccc12.CC(=O)Nc1ccc2c(c1)oc1ccccc12.c1ccc2c(Nc3ccc4oc5ccccc5c4c3)cccc2c1. The quantitative estimate of drug-likeness (QED) is 0.161. The summed E-state index contributed by atoms with van der Waals surface area (Å²) in [6.45, 7) is 4.67. The molecule has 0 atom stereocenters. The highest BCUT2D eigenvalue weighted by molar-refractivity contribution is 6.14. The fourth-order valence-corrected chi connectivity index (χ4v) is 12.8. The van der Waals surface area contributed by atoms with E-state index in [1.54, 1.807) is 23.6 Å². The van der Waals surface area contributed by atoms with Crippen molar-refractivity contribution in [1.29, 1.82) is 0 Å². The Morgan fingerprint density at radius 1 is 0.274 bits per heavy atom. The number of anilines is 7. The monoisotopic (exact) mass is 1240 g/mol. The molecule has 18 aromatic rings. The van der Waals surface area contributed by atoms with Gasteiger partial charge in [0, 0.05) is 115 Å². The molecule has 0 unspecified atom stereocenters. The second-order valence-electron chi connectivity index (χ2n) is 23.2. The van der Waals surface area contributed by atoms with Crippen molar-refractivity contribution in [3.63, 3.8) is 0 Å². The maximum Gasteiger partial charge on any atom is 0.228 e. The fourth-order valence-electron chi connectivity index (χ4n) is 12.8. The molecule has 11 nitrogen and oxygen atoms in total. The van der Waals surface area contributed by atoms with Crippen molar-refractivity contribution in [2.45, 2.75) is 20.8 Å². The second kappa shape index (κ2) is 25.2. The van der Waals surface area contributed by atoms with E-state index in [9.17, 15) is 14.4 Å². The molecular formula is C84H60N4O7. The maximum atomic E-state index is 12.6. The average Bonchev–Trinajstić information content (AvgIpc) is 1.77. The van der Waals surface area contributed by atoms with Gasteiger partial charge in [-0.1, -0.05) is 182 Å². The lowest BCUT2D eigenvalue weighted by molar-refractivity contribution is -0.116. The van der Waals surface area contributed by atoms with Gasteiger partial charge >= 0.3 is 0 Å². The Bertz CT molecular complexity index is 5950. The Balaban J connectivity index is 0.000000106. The topological polar surface area (TPSA) is 134 Å². The first-order valence-electron chi connectivity index (χ1n) is 31.3. The predicted molar refractivity (Wildman–Crippen MR) is 390 cm³/mol. The molecule has 14 aromatic carbocycles. The number of carbonyl (C=O) groups excluding carboxylic acids is 3. The molecule has 0 saturated heterocycles. The molecule has 0 aliphatic rings. The molecule has 0 radical (unpaired) electrons. The summed E-state index contributed by atoms with van der Waals surface area (Å²) >= 11 is 0. The van der Waals surface area contributed by atoms with Crippen molar-refractivity contribution in [3.05, 3.63) is 297 Å². The molecule has 2 N–H and O–H groups in total. The van der Waals surface area contributed by atoms with Gasteiger partial charge in [0.15, 0.2) is 0 Å². The zero-order chi connectivity index (χ0) is 64.5. The number of rotatable bonds is 7. The standard InChI is InChI=1S/2C24H17NO2.C22H15NO.C14H11NO2/c1-16(26)25(22-11-6-8-17-7-2-3-9-19(17)22)18-13-14-24-21(15-18)20-10-4-5-12-23(20)27-24;1-16(26)25(22-11-6-8-17-7-2-3-9-19(17)22)18-13-14-21-20-10-4-5-12-23(20)27-24(21)15-18;1-2-8-17-15(6-1)7-5-10-20(17)23-16-12-13-22-19(14-16)18-9-3-4-11-21(18)24-22;1-9(16)15-10-6-7-12-11-4-2-3-5-13(11)17-14(12)8-10/h2*2-15H,1H3;1-14,23H;2-8H,1H3,(H,15,16). The largest absolute Gasteiger partial charge is 0.456 e. The molecule has 0 aliphatic heterocycles. The first-order chi connectivity index (χ1) is 46.6. The molecule has 11 heteroatoms. The van der Waals surface area contributed by atoms with E-state index < -0.39 is 0 Å². The second-order valence-corrected chi connectivity index (χ2v) is 23.2. The Kier molecular flexibility index (Phi) is 15.5. The van der Waals surface area contributed by atoms with Crippen LogP contribution in [0.2, 0.25) is 0 Å². The van der Waals surface area contributed by atoms with Gasteiger partial charge in [-0.15, -0.1) is 0 Å². The number of furan rings is 4. The molecule has 3 amide bonds. The van der Waals surface area contributed by atoms with Gasteiger partial charge in [0.25, 0.3) is 0 Å². The molecule has 18 rings (SSSR count). The van der Waals surface area contributed by atoms with E-state index in [0.717, 1.165) is 149 Å². The lowest BCUT2D eigenvalue weighted by Gasteiger charge is -2.23. The number of carbonyl (C=O) groups is 3. The number of para-hydroxylation sites is 4. The van der Waals surface area contributed by atoms with E-state index in [1.165, 1.54) is 17.7 Å². The summed E-state index contributed by atoms with van der Waals surface area (Å²) in [5, 5.41) is 21.7. The zero-order valence-corrected chi connectivity index (χ0v) is 52.0. The number of amides is 3. The fraction of sp³-hybridized carbons (Fsp3) is 0.0357. The summed E-state index contributed by atoms with van der Waals surface area (Å²) in [5.41, 5.74) is 13.1. The van der Waals surface area contributed by atoms with Crippen LogP contribution in [-0.2, 0) is 14.4 Å². The molecular weight excluding hydrogens is 1180 g/mol.